The second kappa shape index (κ2) is 6.47. The Morgan fingerprint density at radius 3 is 2.25 bits per heavy atom. The van der Waals surface area contributed by atoms with Crippen LogP contribution in [-0.2, 0) is 4.74 Å². The van der Waals surface area contributed by atoms with Crippen molar-refractivity contribution in [2.45, 2.75) is 53.4 Å². The molecule has 0 aliphatic rings. The molecule has 0 saturated carbocycles. The second-order valence-electron chi connectivity index (χ2n) is 4.32. The summed E-state index contributed by atoms with van der Waals surface area (Å²) in [6.45, 7) is 10.8. The van der Waals surface area contributed by atoms with Crippen molar-refractivity contribution in [2.75, 3.05) is 13.2 Å². The van der Waals surface area contributed by atoms with Crippen LogP contribution < -0.4 is 0 Å². The molecule has 0 unspecified atom stereocenters. The van der Waals surface area contributed by atoms with Gasteiger partial charge in [0.1, 0.15) is 0 Å². The summed E-state index contributed by atoms with van der Waals surface area (Å²) < 4.78 is 5.54. The third-order valence-corrected chi connectivity index (χ3v) is 2.05. The molecule has 1 heteroatoms. The van der Waals surface area contributed by atoms with Crippen molar-refractivity contribution < 1.29 is 4.74 Å². The van der Waals surface area contributed by atoms with Crippen LogP contribution in [0.2, 0.25) is 0 Å². The minimum atomic E-state index is 0.380. The lowest BCUT2D eigenvalue weighted by Crippen LogP contribution is -2.19. The molecule has 74 valence electrons. The summed E-state index contributed by atoms with van der Waals surface area (Å²) in [6.07, 6.45) is 5.02. The molecule has 0 heterocycles. The van der Waals surface area contributed by atoms with Gasteiger partial charge in [0.2, 0.25) is 0 Å². The van der Waals surface area contributed by atoms with E-state index in [-0.39, 0.29) is 0 Å². The summed E-state index contributed by atoms with van der Waals surface area (Å²) in [4.78, 5) is 0. The highest BCUT2D eigenvalue weighted by Gasteiger charge is 2.16. The molecule has 0 saturated heterocycles. The third-order valence-electron chi connectivity index (χ3n) is 2.05. The van der Waals surface area contributed by atoms with E-state index in [4.69, 9.17) is 4.74 Å². The van der Waals surface area contributed by atoms with Crippen LogP contribution in [-0.4, -0.2) is 13.2 Å². The Labute approximate surface area is 77.5 Å². The van der Waals surface area contributed by atoms with E-state index in [0.29, 0.717) is 5.41 Å². The van der Waals surface area contributed by atoms with E-state index in [0.717, 1.165) is 19.6 Å². The number of ether oxygens (including phenoxy) is 1. The summed E-state index contributed by atoms with van der Waals surface area (Å²) in [5.74, 6) is 0. The predicted octanol–water partition coefficient (Wildman–Crippen LogP) is 3.63. The summed E-state index contributed by atoms with van der Waals surface area (Å²) in [5, 5.41) is 0. The van der Waals surface area contributed by atoms with Crippen molar-refractivity contribution in [3.8, 4) is 0 Å². The van der Waals surface area contributed by atoms with Crippen LogP contribution in [0.5, 0.6) is 0 Å². The largest absolute Gasteiger partial charge is 0.381 e. The third kappa shape index (κ3) is 6.66. The molecule has 0 amide bonds. The molecule has 0 N–H and O–H groups in total. The fourth-order valence-electron chi connectivity index (χ4n) is 1.22. The predicted molar refractivity (Wildman–Crippen MR) is 54.4 cm³/mol. The van der Waals surface area contributed by atoms with E-state index >= 15 is 0 Å². The van der Waals surface area contributed by atoms with E-state index in [2.05, 4.69) is 27.7 Å². The normalized spacial score (nSPS) is 12.0. The zero-order chi connectivity index (χ0) is 9.45. The first-order valence-corrected chi connectivity index (χ1v) is 5.20. The van der Waals surface area contributed by atoms with Crippen LogP contribution in [0.4, 0.5) is 0 Å². The summed E-state index contributed by atoms with van der Waals surface area (Å²) in [6, 6.07) is 0. The quantitative estimate of drug-likeness (QED) is 0.533. The monoisotopic (exact) mass is 172 g/mol. The topological polar surface area (TPSA) is 9.23 Å². The summed E-state index contributed by atoms with van der Waals surface area (Å²) in [5.41, 5.74) is 0.380. The van der Waals surface area contributed by atoms with Crippen LogP contribution in [0.25, 0.3) is 0 Å². The summed E-state index contributed by atoms with van der Waals surface area (Å²) >= 11 is 0. The van der Waals surface area contributed by atoms with E-state index in [1.807, 2.05) is 0 Å². The number of rotatable bonds is 7. The van der Waals surface area contributed by atoms with Crippen molar-refractivity contribution >= 4 is 0 Å². The van der Waals surface area contributed by atoms with E-state index in [1.165, 1.54) is 19.3 Å². The maximum atomic E-state index is 5.54. The second-order valence-corrected chi connectivity index (χ2v) is 4.32. The molecule has 0 aliphatic heterocycles. The highest BCUT2D eigenvalue weighted by molar-refractivity contribution is 4.67. The van der Waals surface area contributed by atoms with Gasteiger partial charge < -0.3 is 4.74 Å². The van der Waals surface area contributed by atoms with Gasteiger partial charge in [-0.3, -0.25) is 0 Å². The van der Waals surface area contributed by atoms with Gasteiger partial charge in [0, 0.05) is 6.61 Å². The molecule has 0 fully saturated rings. The minimum Gasteiger partial charge on any atom is -0.381 e. The Kier molecular flexibility index (Phi) is 6.45. The zero-order valence-corrected chi connectivity index (χ0v) is 9.15. The van der Waals surface area contributed by atoms with Gasteiger partial charge in [-0.25, -0.2) is 0 Å². The van der Waals surface area contributed by atoms with Gasteiger partial charge >= 0.3 is 0 Å². The number of unbranched alkanes of at least 4 members (excludes halogenated alkanes) is 1. The molecule has 0 bridgehead atoms. The Morgan fingerprint density at radius 2 is 1.75 bits per heavy atom. The average Bonchev–Trinajstić information content (AvgIpc) is 2.01. The first-order chi connectivity index (χ1) is 5.62. The van der Waals surface area contributed by atoms with Crippen molar-refractivity contribution in [1.29, 1.82) is 0 Å². The smallest absolute Gasteiger partial charge is 0.0517 e. The maximum absolute atomic E-state index is 5.54. The van der Waals surface area contributed by atoms with Crippen LogP contribution in [0.1, 0.15) is 53.4 Å². The molecule has 0 aromatic rings. The van der Waals surface area contributed by atoms with Crippen LogP contribution in [0, 0.1) is 5.41 Å². The van der Waals surface area contributed by atoms with Crippen LogP contribution in [0.15, 0.2) is 0 Å². The Balaban J connectivity index is 3.42. The van der Waals surface area contributed by atoms with Crippen LogP contribution >= 0.6 is 0 Å². The Hall–Kier alpha value is -0.0400. The van der Waals surface area contributed by atoms with Crippen molar-refractivity contribution in [1.82, 2.24) is 0 Å². The van der Waals surface area contributed by atoms with Gasteiger partial charge in [0.15, 0.2) is 0 Å². The number of hydrogen-bond acceptors (Lipinski definition) is 1. The highest BCUT2D eigenvalue weighted by Crippen LogP contribution is 2.23. The van der Waals surface area contributed by atoms with Crippen LogP contribution in [0.3, 0.4) is 0 Å². The van der Waals surface area contributed by atoms with Gasteiger partial charge in [-0.1, -0.05) is 40.5 Å². The van der Waals surface area contributed by atoms with Crippen molar-refractivity contribution in [3.05, 3.63) is 0 Å². The van der Waals surface area contributed by atoms with Gasteiger partial charge in [-0.05, 0) is 18.3 Å². The van der Waals surface area contributed by atoms with Gasteiger partial charge in [-0.2, -0.15) is 0 Å². The SMILES string of the molecule is CCCCC(C)(C)COCCC. The molecule has 0 aromatic heterocycles. The molecule has 0 radical (unpaired) electrons. The average molecular weight is 172 g/mol. The van der Waals surface area contributed by atoms with Gasteiger partial charge in [0.05, 0.1) is 6.61 Å². The number of hydrogen-bond donors (Lipinski definition) is 0. The van der Waals surface area contributed by atoms with E-state index < -0.39 is 0 Å². The Morgan fingerprint density at radius 1 is 1.08 bits per heavy atom. The Bertz CT molecular complexity index is 97.2. The van der Waals surface area contributed by atoms with E-state index in [1.54, 1.807) is 0 Å². The molecular formula is C11H24O. The van der Waals surface area contributed by atoms with Crippen molar-refractivity contribution in [3.63, 3.8) is 0 Å². The van der Waals surface area contributed by atoms with Gasteiger partial charge in [-0.15, -0.1) is 0 Å². The molecule has 12 heavy (non-hydrogen) atoms. The summed E-state index contributed by atoms with van der Waals surface area (Å²) in [7, 11) is 0. The lowest BCUT2D eigenvalue weighted by atomic mass is 9.88. The first-order valence-electron chi connectivity index (χ1n) is 5.20. The minimum absolute atomic E-state index is 0.380. The van der Waals surface area contributed by atoms with E-state index in [9.17, 15) is 0 Å². The molecule has 0 spiro atoms. The lowest BCUT2D eigenvalue weighted by molar-refractivity contribution is 0.0571. The van der Waals surface area contributed by atoms with Gasteiger partial charge in [0.25, 0.3) is 0 Å². The molecule has 0 aromatic carbocycles. The fraction of sp³-hybridized carbons (Fsp3) is 1.00. The fourth-order valence-corrected chi connectivity index (χ4v) is 1.22. The highest BCUT2D eigenvalue weighted by atomic mass is 16.5. The molecule has 1 nitrogen and oxygen atoms in total. The standard InChI is InChI=1S/C11H24O/c1-5-7-8-11(3,4)10-12-9-6-2/h5-10H2,1-4H3. The molecule has 0 rings (SSSR count). The first kappa shape index (κ1) is 12.0. The molecular weight excluding hydrogens is 148 g/mol. The lowest BCUT2D eigenvalue weighted by Gasteiger charge is -2.23. The van der Waals surface area contributed by atoms with Crippen molar-refractivity contribution in [2.24, 2.45) is 5.41 Å². The maximum Gasteiger partial charge on any atom is 0.0517 e. The molecule has 0 atom stereocenters. The zero-order valence-electron chi connectivity index (χ0n) is 9.15. The molecule has 0 aliphatic carbocycles.